The first-order valence-electron chi connectivity index (χ1n) is 9.81. The lowest BCUT2D eigenvalue weighted by Gasteiger charge is -2.36. The largest absolute Gasteiger partial charge is 0.466 e. The average Bonchev–Trinajstić information content (AvgIpc) is 3.01. The highest BCUT2D eigenvalue weighted by Crippen LogP contribution is 2.27. The molecule has 150 valence electrons. The molecule has 0 bridgehead atoms. The van der Waals surface area contributed by atoms with Crippen molar-refractivity contribution in [3.63, 3.8) is 0 Å². The molecule has 7 nitrogen and oxygen atoms in total. The van der Waals surface area contributed by atoms with Gasteiger partial charge in [0.25, 0.3) is 0 Å². The van der Waals surface area contributed by atoms with Crippen LogP contribution in [0, 0.1) is 13.8 Å². The van der Waals surface area contributed by atoms with Gasteiger partial charge in [-0.15, -0.1) is 0 Å². The van der Waals surface area contributed by atoms with Crippen molar-refractivity contribution in [3.05, 3.63) is 41.7 Å². The molecule has 0 N–H and O–H groups in total. The van der Waals surface area contributed by atoms with Crippen molar-refractivity contribution in [1.29, 1.82) is 0 Å². The third-order valence-electron chi connectivity index (χ3n) is 5.05. The molecule has 1 aromatic carbocycles. The number of rotatable bonds is 6. The first-order valence-corrected chi connectivity index (χ1v) is 9.81. The van der Waals surface area contributed by atoms with E-state index in [-0.39, 0.29) is 24.7 Å². The van der Waals surface area contributed by atoms with Gasteiger partial charge in [-0.25, -0.2) is 4.68 Å². The summed E-state index contributed by atoms with van der Waals surface area (Å²) >= 11 is 0. The molecule has 2 aromatic rings. The summed E-state index contributed by atoms with van der Waals surface area (Å²) in [5, 5.41) is 4.72. The molecular weight excluding hydrogens is 356 g/mol. The number of esters is 1. The van der Waals surface area contributed by atoms with Crippen LogP contribution in [-0.4, -0.2) is 59.3 Å². The van der Waals surface area contributed by atoms with Crippen LogP contribution in [0.1, 0.15) is 31.2 Å². The monoisotopic (exact) mass is 384 g/mol. The van der Waals surface area contributed by atoms with E-state index in [9.17, 15) is 9.59 Å². The molecule has 0 spiro atoms. The first-order chi connectivity index (χ1) is 13.5. The van der Waals surface area contributed by atoms with Crippen LogP contribution in [0.2, 0.25) is 0 Å². The number of carbonyl (C=O) groups is 2. The Bertz CT molecular complexity index is 824. The number of aromatic nitrogens is 2. The maximum Gasteiger partial charge on any atom is 0.306 e. The highest BCUT2D eigenvalue weighted by molar-refractivity contribution is 5.81. The number of nitrogens with zero attached hydrogens (tertiary/aromatic N) is 4. The van der Waals surface area contributed by atoms with Crippen LogP contribution in [-0.2, 0) is 14.3 Å². The van der Waals surface area contributed by atoms with Crippen molar-refractivity contribution in [2.45, 2.75) is 33.6 Å². The molecule has 1 aliphatic heterocycles. The van der Waals surface area contributed by atoms with Gasteiger partial charge in [0.2, 0.25) is 5.91 Å². The third kappa shape index (κ3) is 4.35. The molecule has 28 heavy (non-hydrogen) atoms. The number of para-hydroxylation sites is 1. The summed E-state index contributed by atoms with van der Waals surface area (Å²) in [6.45, 7) is 9.04. The Morgan fingerprint density at radius 3 is 2.36 bits per heavy atom. The lowest BCUT2D eigenvalue weighted by molar-refractivity contribution is -0.145. The molecule has 1 aliphatic rings. The van der Waals surface area contributed by atoms with Crippen molar-refractivity contribution in [2.24, 2.45) is 0 Å². The Morgan fingerprint density at radius 2 is 1.71 bits per heavy atom. The van der Waals surface area contributed by atoms with E-state index in [2.05, 4.69) is 11.8 Å². The molecule has 0 atom stereocenters. The van der Waals surface area contributed by atoms with Gasteiger partial charge in [0.15, 0.2) is 0 Å². The fourth-order valence-corrected chi connectivity index (χ4v) is 3.69. The minimum atomic E-state index is -0.311. The smallest absolute Gasteiger partial charge is 0.306 e. The summed E-state index contributed by atoms with van der Waals surface area (Å²) in [6, 6.07) is 10.1. The molecule has 1 amide bonds. The Hall–Kier alpha value is -2.83. The van der Waals surface area contributed by atoms with E-state index in [0.29, 0.717) is 19.7 Å². The van der Waals surface area contributed by atoms with Crippen LogP contribution in [0.4, 0.5) is 5.69 Å². The molecule has 1 aromatic heterocycles. The fraction of sp³-hybridized carbons (Fsp3) is 0.476. The number of aryl methyl sites for hydroxylation is 1. The standard InChI is InChI=1S/C21H28N4O3/c1-4-28-20(27)11-10-19(26)23-12-14-24(15-13-23)21-16(2)22-25(17(21)3)18-8-6-5-7-9-18/h5-9H,4,10-15H2,1-3H3. The van der Waals surface area contributed by atoms with Crippen molar-refractivity contribution in [3.8, 4) is 5.69 Å². The number of anilines is 1. The Labute approximate surface area is 165 Å². The topological polar surface area (TPSA) is 67.7 Å². The SMILES string of the molecule is CCOC(=O)CCC(=O)N1CCN(c2c(C)nn(-c3ccccc3)c2C)CC1. The van der Waals surface area contributed by atoms with E-state index < -0.39 is 0 Å². The van der Waals surface area contributed by atoms with E-state index in [4.69, 9.17) is 9.84 Å². The summed E-state index contributed by atoms with van der Waals surface area (Å²) in [5.74, 6) is -0.296. The molecule has 0 radical (unpaired) electrons. The van der Waals surface area contributed by atoms with Crippen molar-refractivity contribution in [1.82, 2.24) is 14.7 Å². The Morgan fingerprint density at radius 1 is 1.04 bits per heavy atom. The summed E-state index contributed by atoms with van der Waals surface area (Å²) in [6.07, 6.45) is 0.359. The number of piperazine rings is 1. The first kappa shape index (κ1) is 19.9. The van der Waals surface area contributed by atoms with E-state index in [1.54, 1.807) is 6.92 Å². The number of amides is 1. The maximum absolute atomic E-state index is 12.4. The molecule has 1 fully saturated rings. The average molecular weight is 384 g/mol. The van der Waals surface area contributed by atoms with Crippen LogP contribution >= 0.6 is 0 Å². The van der Waals surface area contributed by atoms with Gasteiger partial charge in [0, 0.05) is 32.6 Å². The predicted molar refractivity (Wildman–Crippen MR) is 108 cm³/mol. The zero-order valence-electron chi connectivity index (χ0n) is 16.9. The van der Waals surface area contributed by atoms with Crippen molar-refractivity contribution < 1.29 is 14.3 Å². The van der Waals surface area contributed by atoms with Gasteiger partial charge in [0.05, 0.1) is 35.8 Å². The van der Waals surface area contributed by atoms with Crippen molar-refractivity contribution in [2.75, 3.05) is 37.7 Å². The quantitative estimate of drug-likeness (QED) is 0.716. The highest BCUT2D eigenvalue weighted by Gasteiger charge is 2.25. The third-order valence-corrected chi connectivity index (χ3v) is 5.05. The van der Waals surface area contributed by atoms with Crippen molar-refractivity contribution >= 4 is 17.6 Å². The lowest BCUT2D eigenvalue weighted by atomic mass is 10.2. The molecule has 0 unspecified atom stereocenters. The molecular formula is C21H28N4O3. The zero-order valence-corrected chi connectivity index (χ0v) is 16.9. The second kappa shape index (κ2) is 8.91. The van der Waals surface area contributed by atoms with Gasteiger partial charge in [-0.3, -0.25) is 9.59 Å². The summed E-state index contributed by atoms with van der Waals surface area (Å²) in [7, 11) is 0. The molecule has 2 heterocycles. The molecule has 1 saturated heterocycles. The van der Waals surface area contributed by atoms with E-state index in [0.717, 1.165) is 35.9 Å². The second-order valence-corrected chi connectivity index (χ2v) is 6.94. The number of benzene rings is 1. The summed E-state index contributed by atoms with van der Waals surface area (Å²) in [4.78, 5) is 27.9. The van der Waals surface area contributed by atoms with E-state index >= 15 is 0 Å². The Kier molecular flexibility index (Phi) is 6.34. The van der Waals surface area contributed by atoms with Crippen LogP contribution in [0.15, 0.2) is 30.3 Å². The van der Waals surface area contributed by atoms with Crippen LogP contribution in [0.25, 0.3) is 5.69 Å². The van der Waals surface area contributed by atoms with Gasteiger partial charge in [0.1, 0.15) is 0 Å². The predicted octanol–water partition coefficient (Wildman–Crippen LogP) is 2.48. The highest BCUT2D eigenvalue weighted by atomic mass is 16.5. The zero-order chi connectivity index (χ0) is 20.1. The minimum Gasteiger partial charge on any atom is -0.466 e. The van der Waals surface area contributed by atoms with E-state index in [1.165, 1.54) is 0 Å². The molecule has 3 rings (SSSR count). The number of hydrogen-bond donors (Lipinski definition) is 0. The summed E-state index contributed by atoms with van der Waals surface area (Å²) in [5.41, 5.74) is 4.28. The van der Waals surface area contributed by atoms with Crippen LogP contribution < -0.4 is 4.90 Å². The molecule has 0 saturated carbocycles. The number of hydrogen-bond acceptors (Lipinski definition) is 5. The Balaban J connectivity index is 1.62. The lowest BCUT2D eigenvalue weighted by Crippen LogP contribution is -2.49. The molecule has 0 aliphatic carbocycles. The fourth-order valence-electron chi connectivity index (χ4n) is 3.69. The summed E-state index contributed by atoms with van der Waals surface area (Å²) < 4.78 is 6.87. The minimum absolute atomic E-state index is 0.0149. The number of carbonyl (C=O) groups excluding carboxylic acids is 2. The molecule has 7 heteroatoms. The van der Waals surface area contributed by atoms with Gasteiger partial charge < -0.3 is 14.5 Å². The normalized spacial score (nSPS) is 14.2. The van der Waals surface area contributed by atoms with E-state index in [1.807, 2.05) is 46.8 Å². The van der Waals surface area contributed by atoms with Gasteiger partial charge in [-0.2, -0.15) is 5.10 Å². The maximum atomic E-state index is 12.4. The van der Waals surface area contributed by atoms with Crippen LogP contribution in [0.3, 0.4) is 0 Å². The van der Waals surface area contributed by atoms with Gasteiger partial charge in [-0.1, -0.05) is 18.2 Å². The number of ether oxygens (including phenoxy) is 1. The van der Waals surface area contributed by atoms with Gasteiger partial charge >= 0.3 is 5.97 Å². The van der Waals surface area contributed by atoms with Crippen LogP contribution in [0.5, 0.6) is 0 Å². The van der Waals surface area contributed by atoms with Gasteiger partial charge in [-0.05, 0) is 32.9 Å². The second-order valence-electron chi connectivity index (χ2n) is 6.94.